The maximum atomic E-state index is 11.5. The number of aryl methyl sites for hydroxylation is 2. The first-order valence-corrected chi connectivity index (χ1v) is 6.23. The van der Waals surface area contributed by atoms with Crippen molar-refractivity contribution in [3.8, 4) is 5.13 Å². The fourth-order valence-electron chi connectivity index (χ4n) is 1.64. The van der Waals surface area contributed by atoms with E-state index in [4.69, 9.17) is 4.74 Å². The summed E-state index contributed by atoms with van der Waals surface area (Å²) in [4.78, 5) is 16.3. The molecule has 0 amide bonds. The fraction of sp³-hybridized carbons (Fsp3) is 0.333. The molecule has 0 fully saturated rings. The molecule has 4 nitrogen and oxygen atoms in total. The van der Waals surface area contributed by atoms with Gasteiger partial charge in [0.05, 0.1) is 12.8 Å². The molecule has 0 atom stereocenters. The number of rotatable bonds is 3. The second-order valence-electron chi connectivity index (χ2n) is 3.68. The van der Waals surface area contributed by atoms with Crippen molar-refractivity contribution in [3.05, 3.63) is 34.6 Å². The number of nitrogens with zero attached hydrogens (tertiary/aromatic N) is 2. The van der Waals surface area contributed by atoms with Crippen molar-refractivity contribution in [2.24, 2.45) is 0 Å². The number of hydrogen-bond acceptors (Lipinski definition) is 4. The zero-order valence-corrected chi connectivity index (χ0v) is 10.9. The molecule has 0 bridgehead atoms. The molecule has 2 aromatic rings. The number of carbonyl (C=O) groups is 1. The third-order valence-electron chi connectivity index (χ3n) is 2.43. The summed E-state index contributed by atoms with van der Waals surface area (Å²) in [5, 5.41) is 0.799. The van der Waals surface area contributed by atoms with Crippen LogP contribution < -0.4 is 0 Å². The van der Waals surface area contributed by atoms with Gasteiger partial charge in [0.15, 0.2) is 5.13 Å². The Labute approximate surface area is 104 Å². The average Bonchev–Trinajstić information content (AvgIpc) is 2.86. The van der Waals surface area contributed by atoms with Crippen LogP contribution in [0.4, 0.5) is 0 Å². The van der Waals surface area contributed by atoms with Crippen LogP contribution in [-0.4, -0.2) is 22.1 Å². The van der Waals surface area contributed by atoms with Gasteiger partial charge in [-0.1, -0.05) is 11.3 Å². The lowest BCUT2D eigenvalue weighted by Crippen LogP contribution is -2.01. The monoisotopic (exact) mass is 250 g/mol. The third kappa shape index (κ3) is 2.24. The second-order valence-corrected chi connectivity index (χ2v) is 4.69. The number of ether oxygens (including phenoxy) is 1. The molecule has 0 aromatic carbocycles. The standard InChI is InChI=1S/C12H14N2O2S/c1-4-16-11(15)10-7-13-12(17-10)14-8(2)5-6-9(14)3/h5-7H,4H2,1-3H3. The van der Waals surface area contributed by atoms with E-state index in [-0.39, 0.29) is 5.97 Å². The molecule has 2 rings (SSSR count). The van der Waals surface area contributed by atoms with E-state index in [9.17, 15) is 4.79 Å². The normalized spacial score (nSPS) is 10.5. The summed E-state index contributed by atoms with van der Waals surface area (Å²) in [7, 11) is 0. The summed E-state index contributed by atoms with van der Waals surface area (Å²) >= 11 is 1.34. The SMILES string of the molecule is CCOC(=O)c1cnc(-n2c(C)ccc2C)s1. The Morgan fingerprint density at radius 1 is 1.41 bits per heavy atom. The highest BCUT2D eigenvalue weighted by molar-refractivity contribution is 7.15. The Hall–Kier alpha value is -1.62. The van der Waals surface area contributed by atoms with Crippen LogP contribution in [0.5, 0.6) is 0 Å². The van der Waals surface area contributed by atoms with Crippen LogP contribution in [0.25, 0.3) is 5.13 Å². The third-order valence-corrected chi connectivity index (χ3v) is 3.40. The summed E-state index contributed by atoms with van der Waals surface area (Å²) in [6, 6.07) is 4.06. The maximum absolute atomic E-state index is 11.5. The molecule has 0 saturated heterocycles. The first kappa shape index (κ1) is 11.9. The van der Waals surface area contributed by atoms with Gasteiger partial charge in [-0.15, -0.1) is 0 Å². The minimum atomic E-state index is -0.307. The van der Waals surface area contributed by atoms with E-state index < -0.39 is 0 Å². The molecule has 5 heteroatoms. The van der Waals surface area contributed by atoms with Gasteiger partial charge in [0.2, 0.25) is 0 Å². The Kier molecular flexibility index (Phi) is 3.28. The molecular weight excluding hydrogens is 236 g/mol. The molecule has 90 valence electrons. The number of carbonyl (C=O) groups excluding carboxylic acids is 1. The highest BCUT2D eigenvalue weighted by atomic mass is 32.1. The van der Waals surface area contributed by atoms with Gasteiger partial charge >= 0.3 is 5.97 Å². The van der Waals surface area contributed by atoms with Gasteiger partial charge in [-0.05, 0) is 32.9 Å². The van der Waals surface area contributed by atoms with Crippen molar-refractivity contribution in [1.29, 1.82) is 0 Å². The number of aromatic nitrogens is 2. The van der Waals surface area contributed by atoms with Gasteiger partial charge in [0.25, 0.3) is 0 Å². The van der Waals surface area contributed by atoms with Crippen LogP contribution >= 0.6 is 11.3 Å². The highest BCUT2D eigenvalue weighted by Crippen LogP contribution is 2.22. The minimum absolute atomic E-state index is 0.307. The Morgan fingerprint density at radius 2 is 2.06 bits per heavy atom. The summed E-state index contributed by atoms with van der Waals surface area (Å²) in [5.74, 6) is -0.307. The maximum Gasteiger partial charge on any atom is 0.350 e. The number of esters is 1. The predicted octanol–water partition coefficient (Wildman–Crippen LogP) is 2.73. The van der Waals surface area contributed by atoms with E-state index in [1.54, 1.807) is 13.1 Å². The van der Waals surface area contributed by atoms with Gasteiger partial charge in [-0.3, -0.25) is 4.57 Å². The Balaban J connectivity index is 2.33. The predicted molar refractivity (Wildman–Crippen MR) is 66.9 cm³/mol. The van der Waals surface area contributed by atoms with E-state index in [1.165, 1.54) is 11.3 Å². The number of hydrogen-bond donors (Lipinski definition) is 0. The average molecular weight is 250 g/mol. The van der Waals surface area contributed by atoms with Gasteiger partial charge in [0, 0.05) is 11.4 Å². The van der Waals surface area contributed by atoms with Crippen LogP contribution in [0.3, 0.4) is 0 Å². The van der Waals surface area contributed by atoms with Crippen molar-refractivity contribution in [2.45, 2.75) is 20.8 Å². The molecule has 0 unspecified atom stereocenters. The summed E-state index contributed by atoms with van der Waals surface area (Å²) < 4.78 is 6.96. The number of thiazole rings is 1. The highest BCUT2D eigenvalue weighted by Gasteiger charge is 2.14. The molecule has 2 heterocycles. The molecule has 0 aliphatic rings. The van der Waals surface area contributed by atoms with Crippen molar-refractivity contribution in [1.82, 2.24) is 9.55 Å². The van der Waals surface area contributed by atoms with Gasteiger partial charge in [-0.2, -0.15) is 0 Å². The molecule has 2 aromatic heterocycles. The zero-order valence-electron chi connectivity index (χ0n) is 10.1. The van der Waals surface area contributed by atoms with Gasteiger partial charge in [-0.25, -0.2) is 9.78 Å². The molecule has 0 aliphatic heterocycles. The van der Waals surface area contributed by atoms with E-state index in [2.05, 4.69) is 4.98 Å². The first-order valence-electron chi connectivity index (χ1n) is 5.41. The summed E-state index contributed by atoms with van der Waals surface area (Å²) in [5.41, 5.74) is 2.21. The Morgan fingerprint density at radius 3 is 2.65 bits per heavy atom. The van der Waals surface area contributed by atoms with E-state index in [0.29, 0.717) is 11.5 Å². The molecule has 0 spiro atoms. The first-order chi connectivity index (χ1) is 8.13. The summed E-state index contributed by atoms with van der Waals surface area (Å²) in [6.07, 6.45) is 1.57. The van der Waals surface area contributed by atoms with E-state index in [1.807, 2.05) is 30.5 Å². The molecule has 0 N–H and O–H groups in total. The van der Waals surface area contributed by atoms with E-state index in [0.717, 1.165) is 16.5 Å². The minimum Gasteiger partial charge on any atom is -0.462 e. The van der Waals surface area contributed by atoms with Crippen molar-refractivity contribution in [3.63, 3.8) is 0 Å². The Bertz CT molecular complexity index is 523. The van der Waals surface area contributed by atoms with Crippen LogP contribution in [0, 0.1) is 13.8 Å². The second kappa shape index (κ2) is 4.71. The molecule has 0 radical (unpaired) electrons. The lowest BCUT2D eigenvalue weighted by atomic mass is 10.5. The quantitative estimate of drug-likeness (QED) is 0.787. The van der Waals surface area contributed by atoms with Crippen molar-refractivity contribution >= 4 is 17.3 Å². The largest absolute Gasteiger partial charge is 0.462 e. The van der Waals surface area contributed by atoms with Crippen molar-refractivity contribution in [2.75, 3.05) is 6.61 Å². The molecular formula is C12H14N2O2S. The topological polar surface area (TPSA) is 44.1 Å². The smallest absolute Gasteiger partial charge is 0.350 e. The van der Waals surface area contributed by atoms with Crippen molar-refractivity contribution < 1.29 is 9.53 Å². The lowest BCUT2D eigenvalue weighted by Gasteiger charge is -2.03. The molecule has 0 saturated carbocycles. The lowest BCUT2D eigenvalue weighted by molar-refractivity contribution is 0.0532. The van der Waals surface area contributed by atoms with Crippen LogP contribution in [0.2, 0.25) is 0 Å². The molecule has 0 aliphatic carbocycles. The summed E-state index contributed by atoms with van der Waals surface area (Å²) in [6.45, 7) is 6.20. The van der Waals surface area contributed by atoms with E-state index >= 15 is 0 Å². The molecule has 17 heavy (non-hydrogen) atoms. The van der Waals surface area contributed by atoms with Crippen LogP contribution in [0.1, 0.15) is 28.0 Å². The van der Waals surface area contributed by atoms with Crippen LogP contribution in [0.15, 0.2) is 18.3 Å². The fourth-order valence-corrected chi connectivity index (χ4v) is 2.56. The van der Waals surface area contributed by atoms with Crippen LogP contribution in [-0.2, 0) is 4.74 Å². The van der Waals surface area contributed by atoms with Gasteiger partial charge < -0.3 is 4.74 Å². The zero-order chi connectivity index (χ0) is 12.4. The van der Waals surface area contributed by atoms with Gasteiger partial charge in [0.1, 0.15) is 4.88 Å².